The average molecular weight is 487 g/mol. The van der Waals surface area contributed by atoms with Gasteiger partial charge >= 0.3 is 0 Å². The van der Waals surface area contributed by atoms with Crippen molar-refractivity contribution in [1.82, 2.24) is 15.2 Å². The Morgan fingerprint density at radius 2 is 1.94 bits per heavy atom. The van der Waals surface area contributed by atoms with Crippen molar-refractivity contribution in [3.8, 4) is 0 Å². The summed E-state index contributed by atoms with van der Waals surface area (Å²) in [5.41, 5.74) is 3.93. The number of anilines is 1. The molecular weight excluding hydrogens is 452 g/mol. The van der Waals surface area contributed by atoms with Gasteiger partial charge in [0.05, 0.1) is 24.6 Å². The maximum absolute atomic E-state index is 14.1. The highest BCUT2D eigenvalue weighted by molar-refractivity contribution is 5.98. The first kappa shape index (κ1) is 23.1. The zero-order valence-electron chi connectivity index (χ0n) is 20.7. The Bertz CT molecular complexity index is 1270. The third kappa shape index (κ3) is 4.05. The van der Waals surface area contributed by atoms with Crippen molar-refractivity contribution >= 4 is 28.4 Å². The topological polar surface area (TPSA) is 86.5 Å². The Morgan fingerprint density at radius 3 is 2.83 bits per heavy atom. The van der Waals surface area contributed by atoms with E-state index in [1.54, 1.807) is 7.11 Å². The van der Waals surface area contributed by atoms with Crippen LogP contribution in [0.4, 0.5) is 5.69 Å². The van der Waals surface area contributed by atoms with E-state index in [-0.39, 0.29) is 35.9 Å². The number of benzene rings is 2. The summed E-state index contributed by atoms with van der Waals surface area (Å²) in [5, 5.41) is 7.90. The van der Waals surface area contributed by atoms with Crippen molar-refractivity contribution in [3.05, 3.63) is 65.9 Å². The predicted octanol–water partition coefficient (Wildman–Crippen LogP) is 4.49. The number of hydrogen-bond acceptors (Lipinski definition) is 4. The smallest absolute Gasteiger partial charge is 0.251 e. The van der Waals surface area contributed by atoms with E-state index in [2.05, 4.69) is 38.7 Å². The summed E-state index contributed by atoms with van der Waals surface area (Å²) in [7, 11) is 1.73. The first-order chi connectivity index (χ1) is 17.6. The number of likely N-dealkylation sites (tertiary alicyclic amines) is 1. The number of aromatic amines is 1. The van der Waals surface area contributed by atoms with Crippen LogP contribution in [-0.2, 0) is 9.53 Å². The summed E-state index contributed by atoms with van der Waals surface area (Å²) in [6.45, 7) is 1.36. The monoisotopic (exact) mass is 486 g/mol. The first-order valence-corrected chi connectivity index (χ1v) is 13.2. The summed E-state index contributed by atoms with van der Waals surface area (Å²) in [5.74, 6) is 0.199. The molecule has 1 saturated heterocycles. The lowest BCUT2D eigenvalue weighted by molar-refractivity contribution is -0.139. The van der Waals surface area contributed by atoms with Crippen molar-refractivity contribution in [2.24, 2.45) is 11.8 Å². The van der Waals surface area contributed by atoms with Gasteiger partial charge in [0, 0.05) is 54.0 Å². The second-order valence-electron chi connectivity index (χ2n) is 10.5. The number of aromatic nitrogens is 1. The molecule has 6 rings (SSSR count). The number of carbonyl (C=O) groups excluding carboxylic acids is 2. The van der Waals surface area contributed by atoms with E-state index in [9.17, 15) is 9.59 Å². The van der Waals surface area contributed by atoms with Gasteiger partial charge in [-0.25, -0.2) is 0 Å². The van der Waals surface area contributed by atoms with Gasteiger partial charge in [0.1, 0.15) is 0 Å². The summed E-state index contributed by atoms with van der Waals surface area (Å²) < 4.78 is 5.53. The molecule has 36 heavy (non-hydrogen) atoms. The number of para-hydroxylation sites is 1. The standard InChI is InChI=1S/C29H34N4O3/c1-36-17-26-21-13-15-33(27(21)20-6-2-4-8-24(20)31-26)29(35)22-7-3-5-9-25(22)32-28(34)19-10-11-23-18(16-19)12-14-30-23/h2,4,6,8,10-12,14,16,21-22,25-27,30-31H,3,5,7,9,13,15,17H2,1H3,(H,32,34)/t21-,22-,25+,26-,27-/m0/s1. The summed E-state index contributed by atoms with van der Waals surface area (Å²) in [6.07, 6.45) is 6.52. The molecule has 7 heteroatoms. The highest BCUT2D eigenvalue weighted by atomic mass is 16.5. The van der Waals surface area contributed by atoms with Gasteiger partial charge < -0.3 is 25.3 Å². The van der Waals surface area contributed by atoms with Crippen molar-refractivity contribution in [2.75, 3.05) is 25.6 Å². The van der Waals surface area contributed by atoms with Crippen LogP contribution >= 0.6 is 0 Å². The number of amides is 2. The molecule has 3 heterocycles. The molecule has 188 valence electrons. The molecule has 0 unspecified atom stereocenters. The molecule has 0 radical (unpaired) electrons. The zero-order valence-corrected chi connectivity index (χ0v) is 20.7. The maximum Gasteiger partial charge on any atom is 0.251 e. The van der Waals surface area contributed by atoms with E-state index in [1.165, 1.54) is 5.56 Å². The maximum atomic E-state index is 14.1. The highest BCUT2D eigenvalue weighted by Gasteiger charge is 2.48. The zero-order chi connectivity index (χ0) is 24.6. The minimum atomic E-state index is -0.194. The molecule has 5 atom stereocenters. The predicted molar refractivity (Wildman–Crippen MR) is 140 cm³/mol. The van der Waals surface area contributed by atoms with Crippen LogP contribution in [0.15, 0.2) is 54.7 Å². The van der Waals surface area contributed by atoms with E-state index in [0.717, 1.165) is 55.2 Å². The number of carbonyl (C=O) groups is 2. The molecule has 2 aromatic carbocycles. The lowest BCUT2D eigenvalue weighted by atomic mass is 9.81. The van der Waals surface area contributed by atoms with Crippen LogP contribution in [0.2, 0.25) is 0 Å². The van der Waals surface area contributed by atoms with Gasteiger partial charge in [-0.15, -0.1) is 0 Å². The number of methoxy groups -OCH3 is 1. The Kier molecular flexibility index (Phi) is 6.17. The van der Waals surface area contributed by atoms with Crippen LogP contribution in [0.5, 0.6) is 0 Å². The van der Waals surface area contributed by atoms with Crippen molar-refractivity contribution < 1.29 is 14.3 Å². The average Bonchev–Trinajstić information content (AvgIpc) is 3.56. The minimum Gasteiger partial charge on any atom is -0.383 e. The quantitative estimate of drug-likeness (QED) is 0.496. The van der Waals surface area contributed by atoms with Crippen molar-refractivity contribution in [1.29, 1.82) is 0 Å². The third-order valence-electron chi connectivity index (χ3n) is 8.43. The fraction of sp³-hybridized carbons (Fsp3) is 0.448. The van der Waals surface area contributed by atoms with Gasteiger partial charge in [-0.2, -0.15) is 0 Å². The number of nitrogens with zero attached hydrogens (tertiary/aromatic N) is 1. The normalized spacial score (nSPS) is 27.2. The number of nitrogens with one attached hydrogen (secondary N) is 3. The van der Waals surface area contributed by atoms with E-state index < -0.39 is 0 Å². The molecule has 1 aromatic heterocycles. The Balaban J connectivity index is 1.23. The summed E-state index contributed by atoms with van der Waals surface area (Å²) in [6, 6.07) is 16.1. The second-order valence-corrected chi connectivity index (χ2v) is 10.5. The van der Waals surface area contributed by atoms with Crippen LogP contribution < -0.4 is 10.6 Å². The van der Waals surface area contributed by atoms with Gasteiger partial charge in [-0.3, -0.25) is 9.59 Å². The van der Waals surface area contributed by atoms with Crippen LogP contribution in [0.25, 0.3) is 10.9 Å². The summed E-state index contributed by atoms with van der Waals surface area (Å²) in [4.78, 5) is 32.6. The van der Waals surface area contributed by atoms with Crippen LogP contribution in [-0.4, -0.2) is 54.0 Å². The SMILES string of the molecule is COC[C@@H]1Nc2ccccc2[C@H]2[C@H]1CCN2C(=O)[C@H]1CCCC[C@H]1NC(=O)c1ccc2[nH]ccc2c1. The van der Waals surface area contributed by atoms with Gasteiger partial charge in [-0.05, 0) is 55.2 Å². The largest absolute Gasteiger partial charge is 0.383 e. The molecule has 2 fully saturated rings. The van der Waals surface area contributed by atoms with Gasteiger partial charge in [-0.1, -0.05) is 31.0 Å². The van der Waals surface area contributed by atoms with Gasteiger partial charge in [0.2, 0.25) is 5.91 Å². The van der Waals surface area contributed by atoms with Gasteiger partial charge in [0.15, 0.2) is 0 Å². The number of fused-ring (bicyclic) bond motifs is 4. The number of rotatable bonds is 5. The molecule has 0 spiro atoms. The van der Waals surface area contributed by atoms with Crippen LogP contribution in [0, 0.1) is 11.8 Å². The van der Waals surface area contributed by atoms with Crippen molar-refractivity contribution in [3.63, 3.8) is 0 Å². The van der Waals surface area contributed by atoms with Crippen LogP contribution in [0.1, 0.15) is 54.1 Å². The van der Waals surface area contributed by atoms with E-state index in [4.69, 9.17) is 4.74 Å². The molecule has 2 aliphatic heterocycles. The molecule has 7 nitrogen and oxygen atoms in total. The fourth-order valence-corrected chi connectivity index (χ4v) is 6.68. The third-order valence-corrected chi connectivity index (χ3v) is 8.43. The summed E-state index contributed by atoms with van der Waals surface area (Å²) >= 11 is 0. The van der Waals surface area contributed by atoms with Gasteiger partial charge in [0.25, 0.3) is 5.91 Å². The molecule has 3 aliphatic rings. The molecule has 2 amide bonds. The molecule has 3 N–H and O–H groups in total. The number of ether oxygens (including phenoxy) is 1. The second kappa shape index (κ2) is 9.62. The van der Waals surface area contributed by atoms with E-state index >= 15 is 0 Å². The highest BCUT2D eigenvalue weighted by Crippen LogP contribution is 2.47. The minimum absolute atomic E-state index is 0.0457. The Morgan fingerprint density at radius 1 is 1.08 bits per heavy atom. The van der Waals surface area contributed by atoms with Crippen LogP contribution in [0.3, 0.4) is 0 Å². The molecule has 1 aliphatic carbocycles. The fourth-order valence-electron chi connectivity index (χ4n) is 6.68. The molecule has 3 aromatic rings. The molecule has 0 bridgehead atoms. The van der Waals surface area contributed by atoms with Crippen molar-refractivity contribution in [2.45, 2.75) is 50.2 Å². The molecule has 1 saturated carbocycles. The lowest BCUT2D eigenvalue weighted by Crippen LogP contribution is -2.50. The lowest BCUT2D eigenvalue weighted by Gasteiger charge is -2.41. The number of H-pyrrole nitrogens is 1. The van der Waals surface area contributed by atoms with E-state index in [1.807, 2.05) is 36.5 Å². The number of hydrogen-bond donors (Lipinski definition) is 3. The molecular formula is C29H34N4O3. The first-order valence-electron chi connectivity index (χ1n) is 13.2. The Hall–Kier alpha value is -3.32. The Labute approximate surface area is 211 Å². The van der Waals surface area contributed by atoms with E-state index in [0.29, 0.717) is 18.1 Å².